The highest BCUT2D eigenvalue weighted by Gasteiger charge is 2.19. The maximum atomic E-state index is 6.16. The third-order valence-corrected chi connectivity index (χ3v) is 3.49. The molecule has 3 heteroatoms. The summed E-state index contributed by atoms with van der Waals surface area (Å²) in [4.78, 5) is 5.19. The molecule has 1 fully saturated rings. The summed E-state index contributed by atoms with van der Waals surface area (Å²) >= 11 is 4.27. The van der Waals surface area contributed by atoms with Crippen LogP contribution in [0.5, 0.6) is 0 Å². The molecule has 0 aromatic carbocycles. The maximum absolute atomic E-state index is 6.16. The number of allylic oxidation sites excluding steroid dienone is 2. The van der Waals surface area contributed by atoms with Gasteiger partial charge in [-0.05, 0) is 55.9 Å². The summed E-state index contributed by atoms with van der Waals surface area (Å²) in [7, 11) is 1.79. The second-order valence-corrected chi connectivity index (χ2v) is 5.68. The lowest BCUT2D eigenvalue weighted by molar-refractivity contribution is 0.481. The van der Waals surface area contributed by atoms with E-state index in [0.29, 0.717) is 0 Å². The Morgan fingerprint density at radius 3 is 2.88 bits per heavy atom. The van der Waals surface area contributed by atoms with Crippen LogP contribution >= 0.6 is 12.6 Å². The van der Waals surface area contributed by atoms with Crippen molar-refractivity contribution in [3.05, 3.63) is 23.1 Å². The topological polar surface area (TPSA) is 38.4 Å². The summed E-state index contributed by atoms with van der Waals surface area (Å²) in [6, 6.07) is 0.0379. The standard InChI is InChI=1S/C14H24N2S/c1-10-4-5-12(8-10)6-7-13(15)14(16-3)9-11(2)17/h9,12-13,17H,1,4-8,15H2,2-3H3/b11-9+,16-14+. The Hall–Kier alpha value is -0.540. The van der Waals surface area contributed by atoms with Gasteiger partial charge in [0.25, 0.3) is 0 Å². The van der Waals surface area contributed by atoms with E-state index in [4.69, 9.17) is 5.73 Å². The van der Waals surface area contributed by atoms with Crippen LogP contribution in [-0.2, 0) is 0 Å². The predicted molar refractivity (Wildman–Crippen MR) is 79.8 cm³/mol. The normalized spacial score (nSPS) is 24.2. The van der Waals surface area contributed by atoms with Crippen molar-refractivity contribution in [2.75, 3.05) is 7.05 Å². The first kappa shape index (κ1) is 14.5. The van der Waals surface area contributed by atoms with Crippen LogP contribution in [0.4, 0.5) is 0 Å². The minimum absolute atomic E-state index is 0.0379. The van der Waals surface area contributed by atoms with Gasteiger partial charge in [-0.15, -0.1) is 12.6 Å². The quantitative estimate of drug-likeness (QED) is 0.439. The van der Waals surface area contributed by atoms with E-state index in [2.05, 4.69) is 24.2 Å². The van der Waals surface area contributed by atoms with E-state index >= 15 is 0 Å². The van der Waals surface area contributed by atoms with E-state index in [-0.39, 0.29) is 6.04 Å². The van der Waals surface area contributed by atoms with Crippen molar-refractivity contribution in [2.45, 2.75) is 45.1 Å². The van der Waals surface area contributed by atoms with Crippen LogP contribution in [0.1, 0.15) is 39.0 Å². The number of hydrogen-bond acceptors (Lipinski definition) is 3. The van der Waals surface area contributed by atoms with Gasteiger partial charge in [-0.2, -0.15) is 0 Å². The third kappa shape index (κ3) is 5.09. The third-order valence-electron chi connectivity index (χ3n) is 3.36. The molecular formula is C14H24N2S. The van der Waals surface area contributed by atoms with Gasteiger partial charge >= 0.3 is 0 Å². The molecule has 0 heterocycles. The molecule has 2 unspecified atom stereocenters. The van der Waals surface area contributed by atoms with Crippen molar-refractivity contribution in [1.82, 2.24) is 0 Å². The first-order valence-corrected chi connectivity index (χ1v) is 6.73. The minimum atomic E-state index is 0.0379. The molecule has 0 aliphatic heterocycles. The van der Waals surface area contributed by atoms with Gasteiger partial charge in [0.1, 0.15) is 0 Å². The minimum Gasteiger partial charge on any atom is -0.323 e. The van der Waals surface area contributed by atoms with Crippen molar-refractivity contribution < 1.29 is 0 Å². The second-order valence-electron chi connectivity index (χ2n) is 4.98. The molecular weight excluding hydrogens is 228 g/mol. The number of thiol groups is 1. The summed E-state index contributed by atoms with van der Waals surface area (Å²) in [5.74, 6) is 0.785. The van der Waals surface area contributed by atoms with Gasteiger partial charge in [0, 0.05) is 13.1 Å². The SMILES string of the molecule is C=C1CCC(CCC(N)C(/C=C(\C)S)=N/C)C1. The first-order valence-electron chi connectivity index (χ1n) is 6.29. The van der Waals surface area contributed by atoms with Crippen LogP contribution in [0.15, 0.2) is 28.1 Å². The van der Waals surface area contributed by atoms with Crippen LogP contribution < -0.4 is 5.73 Å². The predicted octanol–water partition coefficient (Wildman–Crippen LogP) is 3.35. The van der Waals surface area contributed by atoms with E-state index < -0.39 is 0 Å². The van der Waals surface area contributed by atoms with Crippen molar-refractivity contribution in [1.29, 1.82) is 0 Å². The summed E-state index contributed by atoms with van der Waals surface area (Å²) in [6.45, 7) is 5.99. The van der Waals surface area contributed by atoms with Gasteiger partial charge in [0.05, 0.1) is 5.71 Å². The zero-order chi connectivity index (χ0) is 12.8. The van der Waals surface area contributed by atoms with Gasteiger partial charge in [0.15, 0.2) is 0 Å². The lowest BCUT2D eigenvalue weighted by atomic mass is 9.96. The zero-order valence-corrected chi connectivity index (χ0v) is 11.8. The molecule has 1 aliphatic carbocycles. The van der Waals surface area contributed by atoms with Gasteiger partial charge in [-0.3, -0.25) is 4.99 Å². The molecule has 0 spiro atoms. The largest absolute Gasteiger partial charge is 0.323 e. The fourth-order valence-electron chi connectivity index (χ4n) is 2.38. The molecule has 17 heavy (non-hydrogen) atoms. The zero-order valence-electron chi connectivity index (χ0n) is 10.9. The van der Waals surface area contributed by atoms with E-state index in [9.17, 15) is 0 Å². The fraction of sp³-hybridized carbons (Fsp3) is 0.643. The average molecular weight is 252 g/mol. The Morgan fingerprint density at radius 2 is 2.41 bits per heavy atom. The van der Waals surface area contributed by atoms with Crippen LogP contribution in [0.3, 0.4) is 0 Å². The molecule has 0 aromatic rings. The monoisotopic (exact) mass is 252 g/mol. The van der Waals surface area contributed by atoms with Crippen LogP contribution in [-0.4, -0.2) is 18.8 Å². The summed E-state index contributed by atoms with van der Waals surface area (Å²) < 4.78 is 0. The molecule has 1 aliphatic rings. The molecule has 2 atom stereocenters. The Labute approximate surface area is 110 Å². The molecule has 96 valence electrons. The van der Waals surface area contributed by atoms with Crippen LogP contribution in [0.25, 0.3) is 0 Å². The Morgan fingerprint density at radius 1 is 1.71 bits per heavy atom. The summed E-state index contributed by atoms with van der Waals surface area (Å²) in [5, 5.41) is 0. The Bertz CT molecular complexity index is 327. The van der Waals surface area contributed by atoms with E-state index in [1.54, 1.807) is 7.05 Å². The fourth-order valence-corrected chi connectivity index (χ4v) is 2.51. The van der Waals surface area contributed by atoms with Crippen LogP contribution in [0.2, 0.25) is 0 Å². The van der Waals surface area contributed by atoms with Gasteiger partial charge in [0.2, 0.25) is 0 Å². The molecule has 0 bridgehead atoms. The van der Waals surface area contributed by atoms with Crippen molar-refractivity contribution >= 4 is 18.3 Å². The number of rotatable bonds is 5. The number of aliphatic imine (C=N–C) groups is 1. The Balaban J connectivity index is 2.40. The van der Waals surface area contributed by atoms with Crippen LogP contribution in [0, 0.1) is 5.92 Å². The molecule has 2 nitrogen and oxygen atoms in total. The molecule has 0 saturated heterocycles. The van der Waals surface area contributed by atoms with Crippen molar-refractivity contribution in [3.8, 4) is 0 Å². The lowest BCUT2D eigenvalue weighted by Crippen LogP contribution is -2.29. The van der Waals surface area contributed by atoms with Crippen molar-refractivity contribution in [3.63, 3.8) is 0 Å². The highest BCUT2D eigenvalue weighted by Crippen LogP contribution is 2.32. The smallest absolute Gasteiger partial charge is 0.0519 e. The lowest BCUT2D eigenvalue weighted by Gasteiger charge is -2.15. The summed E-state index contributed by atoms with van der Waals surface area (Å²) in [5.41, 5.74) is 8.51. The molecule has 1 rings (SSSR count). The van der Waals surface area contributed by atoms with Gasteiger partial charge in [-0.25, -0.2) is 0 Å². The molecule has 0 aromatic heterocycles. The van der Waals surface area contributed by atoms with Gasteiger partial charge < -0.3 is 5.73 Å². The Kier molecular flexibility index (Phi) is 6.00. The first-order chi connectivity index (χ1) is 8.02. The number of nitrogens with zero attached hydrogens (tertiary/aromatic N) is 1. The van der Waals surface area contributed by atoms with E-state index in [1.165, 1.54) is 31.3 Å². The highest BCUT2D eigenvalue weighted by molar-refractivity contribution is 7.84. The van der Waals surface area contributed by atoms with Crippen molar-refractivity contribution in [2.24, 2.45) is 16.6 Å². The van der Waals surface area contributed by atoms with E-state index in [0.717, 1.165) is 23.0 Å². The van der Waals surface area contributed by atoms with Gasteiger partial charge in [-0.1, -0.05) is 12.2 Å². The van der Waals surface area contributed by atoms with E-state index in [1.807, 2.05) is 13.0 Å². The maximum Gasteiger partial charge on any atom is 0.0519 e. The number of hydrogen-bond donors (Lipinski definition) is 2. The molecule has 0 amide bonds. The number of nitrogens with two attached hydrogens (primary N) is 1. The molecule has 0 radical (unpaired) electrons. The average Bonchev–Trinajstić information content (AvgIpc) is 2.68. The second kappa shape index (κ2) is 7.02. The highest BCUT2D eigenvalue weighted by atomic mass is 32.1. The summed E-state index contributed by atoms with van der Waals surface area (Å²) in [6.07, 6.45) is 7.81. The molecule has 2 N–H and O–H groups in total. The molecule has 1 saturated carbocycles.